The number of aliphatic hydroxyl groups excluding tert-OH is 1. The molecule has 0 fully saturated rings. The van der Waals surface area contributed by atoms with Crippen molar-refractivity contribution in [3.63, 3.8) is 0 Å². The fourth-order valence-corrected chi connectivity index (χ4v) is 1.69. The molecule has 2 aromatic rings. The number of aromatic nitrogens is 1. The number of aliphatic hydroxyl groups is 1. The van der Waals surface area contributed by atoms with Crippen LogP contribution in [0.15, 0.2) is 42.6 Å². The monoisotopic (exact) mass is 259 g/mol. The average Bonchev–Trinajstić information content (AvgIpc) is 2.47. The van der Waals surface area contributed by atoms with Gasteiger partial charge in [-0.3, -0.25) is 0 Å². The van der Waals surface area contributed by atoms with Gasteiger partial charge in [0.25, 0.3) is 0 Å². The normalized spacial score (nSPS) is 10.2. The van der Waals surface area contributed by atoms with Gasteiger partial charge in [0.15, 0.2) is 0 Å². The first kappa shape index (κ1) is 13.3. The quantitative estimate of drug-likeness (QED) is 0.541. The van der Waals surface area contributed by atoms with E-state index in [1.54, 1.807) is 6.20 Å². The van der Waals surface area contributed by atoms with Crippen LogP contribution >= 0.6 is 0 Å². The molecular weight excluding hydrogens is 242 g/mol. The second kappa shape index (κ2) is 6.72. The first-order valence-electron chi connectivity index (χ1n) is 6.06. The summed E-state index contributed by atoms with van der Waals surface area (Å²) < 4.78 is 5.67. The molecule has 0 aliphatic heterocycles. The van der Waals surface area contributed by atoms with E-state index in [0.29, 0.717) is 18.8 Å². The van der Waals surface area contributed by atoms with Gasteiger partial charge >= 0.3 is 0 Å². The molecule has 0 bridgehead atoms. The van der Waals surface area contributed by atoms with Crippen molar-refractivity contribution in [2.75, 3.05) is 12.0 Å². The Kier molecular flexibility index (Phi) is 4.72. The van der Waals surface area contributed by atoms with E-state index in [1.165, 1.54) is 0 Å². The molecule has 0 saturated heterocycles. The maximum Gasteiger partial charge on any atom is 0.140 e. The standard InChI is InChI=1S/C14H17N3O2/c15-17-14-9-12(5-7-16-14)10-19-13-3-1-11(2-4-13)6-8-18/h1-5,7,9,18H,6,8,10,15H2,(H,16,17). The van der Waals surface area contributed by atoms with E-state index in [4.69, 9.17) is 15.7 Å². The van der Waals surface area contributed by atoms with Gasteiger partial charge in [-0.05, 0) is 41.8 Å². The molecular formula is C14H17N3O2. The molecule has 100 valence electrons. The largest absolute Gasteiger partial charge is 0.489 e. The minimum Gasteiger partial charge on any atom is -0.489 e. The highest BCUT2D eigenvalue weighted by Gasteiger charge is 1.99. The summed E-state index contributed by atoms with van der Waals surface area (Å²) in [6.07, 6.45) is 2.34. The summed E-state index contributed by atoms with van der Waals surface area (Å²) in [6, 6.07) is 11.4. The number of anilines is 1. The molecule has 0 radical (unpaired) electrons. The molecule has 0 aliphatic carbocycles. The second-order valence-corrected chi connectivity index (χ2v) is 4.10. The third-order valence-corrected chi connectivity index (χ3v) is 2.70. The molecule has 19 heavy (non-hydrogen) atoms. The molecule has 1 aromatic heterocycles. The number of rotatable bonds is 6. The van der Waals surface area contributed by atoms with Gasteiger partial charge in [0, 0.05) is 12.8 Å². The van der Waals surface area contributed by atoms with E-state index in [9.17, 15) is 0 Å². The lowest BCUT2D eigenvalue weighted by Gasteiger charge is -2.08. The number of hydrogen-bond acceptors (Lipinski definition) is 5. The van der Waals surface area contributed by atoms with Gasteiger partial charge in [-0.2, -0.15) is 0 Å². The van der Waals surface area contributed by atoms with Crippen molar-refractivity contribution in [3.8, 4) is 5.75 Å². The van der Waals surface area contributed by atoms with Crippen LogP contribution in [0.2, 0.25) is 0 Å². The Morgan fingerprint density at radius 3 is 2.63 bits per heavy atom. The summed E-state index contributed by atoms with van der Waals surface area (Å²) in [5.41, 5.74) is 4.58. The highest BCUT2D eigenvalue weighted by atomic mass is 16.5. The topological polar surface area (TPSA) is 80.4 Å². The molecule has 5 nitrogen and oxygen atoms in total. The molecule has 0 spiro atoms. The number of nitrogens with one attached hydrogen (secondary N) is 1. The molecule has 5 heteroatoms. The smallest absolute Gasteiger partial charge is 0.140 e. The third kappa shape index (κ3) is 3.94. The summed E-state index contributed by atoms with van der Waals surface area (Å²) in [6.45, 7) is 0.614. The number of pyridine rings is 1. The Morgan fingerprint density at radius 2 is 1.95 bits per heavy atom. The lowest BCUT2D eigenvalue weighted by atomic mass is 10.1. The Hall–Kier alpha value is -2.11. The molecule has 2 rings (SSSR count). The van der Waals surface area contributed by atoms with Crippen LogP contribution in [0.5, 0.6) is 5.75 Å². The lowest BCUT2D eigenvalue weighted by molar-refractivity contribution is 0.298. The van der Waals surface area contributed by atoms with Crippen LogP contribution in [0, 0.1) is 0 Å². The summed E-state index contributed by atoms with van der Waals surface area (Å²) in [5.74, 6) is 6.70. The minimum absolute atomic E-state index is 0.159. The molecule has 1 heterocycles. The van der Waals surface area contributed by atoms with Gasteiger partial charge in [0.05, 0.1) is 0 Å². The van der Waals surface area contributed by atoms with E-state index in [0.717, 1.165) is 16.9 Å². The van der Waals surface area contributed by atoms with Crippen molar-refractivity contribution < 1.29 is 9.84 Å². The number of benzene rings is 1. The van der Waals surface area contributed by atoms with Gasteiger partial charge in [0.2, 0.25) is 0 Å². The number of nitrogens with zero attached hydrogens (tertiary/aromatic N) is 1. The summed E-state index contributed by atoms with van der Waals surface area (Å²) in [7, 11) is 0. The lowest BCUT2D eigenvalue weighted by Crippen LogP contribution is -2.09. The molecule has 4 N–H and O–H groups in total. The predicted octanol–water partition coefficient (Wildman–Crippen LogP) is 1.48. The second-order valence-electron chi connectivity index (χ2n) is 4.10. The van der Waals surface area contributed by atoms with Crippen LogP contribution in [-0.4, -0.2) is 16.7 Å². The van der Waals surface area contributed by atoms with Gasteiger partial charge in [0.1, 0.15) is 18.2 Å². The zero-order chi connectivity index (χ0) is 13.5. The number of hydrazine groups is 1. The Balaban J connectivity index is 1.94. The van der Waals surface area contributed by atoms with E-state index in [-0.39, 0.29) is 6.61 Å². The predicted molar refractivity (Wildman–Crippen MR) is 73.6 cm³/mol. The Labute approximate surface area is 112 Å². The molecule has 0 saturated carbocycles. The zero-order valence-corrected chi connectivity index (χ0v) is 10.5. The fourth-order valence-electron chi connectivity index (χ4n) is 1.69. The number of ether oxygens (including phenoxy) is 1. The molecule has 1 aromatic carbocycles. The number of nitrogen functional groups attached to an aromatic ring is 1. The van der Waals surface area contributed by atoms with Crippen molar-refractivity contribution in [2.45, 2.75) is 13.0 Å². The fraction of sp³-hybridized carbons (Fsp3) is 0.214. The minimum atomic E-state index is 0.159. The number of hydrogen-bond donors (Lipinski definition) is 3. The zero-order valence-electron chi connectivity index (χ0n) is 10.5. The molecule has 0 aliphatic rings. The van der Waals surface area contributed by atoms with Crippen LogP contribution in [-0.2, 0) is 13.0 Å². The molecule has 0 unspecified atom stereocenters. The molecule has 0 atom stereocenters. The van der Waals surface area contributed by atoms with Gasteiger partial charge < -0.3 is 15.3 Å². The van der Waals surface area contributed by atoms with E-state index in [1.807, 2.05) is 36.4 Å². The highest BCUT2D eigenvalue weighted by Crippen LogP contribution is 2.15. The van der Waals surface area contributed by atoms with Gasteiger partial charge in [-0.25, -0.2) is 10.8 Å². The first-order valence-corrected chi connectivity index (χ1v) is 6.06. The van der Waals surface area contributed by atoms with Gasteiger partial charge in [-0.1, -0.05) is 12.1 Å². The van der Waals surface area contributed by atoms with Crippen LogP contribution in [0.1, 0.15) is 11.1 Å². The Bertz CT molecular complexity index is 514. The summed E-state index contributed by atoms with van der Waals surface area (Å²) in [5, 5.41) is 8.84. The highest BCUT2D eigenvalue weighted by molar-refractivity contribution is 5.36. The third-order valence-electron chi connectivity index (χ3n) is 2.70. The summed E-state index contributed by atoms with van der Waals surface area (Å²) >= 11 is 0. The maximum absolute atomic E-state index is 8.84. The number of nitrogens with two attached hydrogens (primary N) is 1. The average molecular weight is 259 g/mol. The van der Waals surface area contributed by atoms with Crippen molar-refractivity contribution in [2.24, 2.45) is 5.84 Å². The first-order chi connectivity index (χ1) is 9.31. The van der Waals surface area contributed by atoms with Crippen molar-refractivity contribution in [1.29, 1.82) is 0 Å². The van der Waals surface area contributed by atoms with E-state index >= 15 is 0 Å². The maximum atomic E-state index is 8.84. The van der Waals surface area contributed by atoms with Crippen molar-refractivity contribution >= 4 is 5.82 Å². The van der Waals surface area contributed by atoms with Crippen LogP contribution in [0.4, 0.5) is 5.82 Å². The van der Waals surface area contributed by atoms with Gasteiger partial charge in [-0.15, -0.1) is 0 Å². The van der Waals surface area contributed by atoms with Crippen LogP contribution < -0.4 is 16.0 Å². The summed E-state index contributed by atoms with van der Waals surface area (Å²) in [4.78, 5) is 4.03. The van der Waals surface area contributed by atoms with E-state index < -0.39 is 0 Å². The molecule has 0 amide bonds. The SMILES string of the molecule is NNc1cc(COc2ccc(CCO)cc2)ccn1. The van der Waals surface area contributed by atoms with Crippen molar-refractivity contribution in [1.82, 2.24) is 4.98 Å². The van der Waals surface area contributed by atoms with Crippen molar-refractivity contribution in [3.05, 3.63) is 53.7 Å². The van der Waals surface area contributed by atoms with E-state index in [2.05, 4.69) is 10.4 Å². The van der Waals surface area contributed by atoms with Crippen LogP contribution in [0.3, 0.4) is 0 Å². The Morgan fingerprint density at radius 1 is 1.16 bits per heavy atom. The van der Waals surface area contributed by atoms with Crippen LogP contribution in [0.25, 0.3) is 0 Å².